The summed E-state index contributed by atoms with van der Waals surface area (Å²) in [4.78, 5) is 31.7. The molecule has 4 unspecified atom stereocenters. The Balaban J connectivity index is 1.14. The number of fused-ring (bicyclic) bond motifs is 2. The van der Waals surface area contributed by atoms with E-state index in [2.05, 4.69) is 9.80 Å². The van der Waals surface area contributed by atoms with Crippen molar-refractivity contribution in [3.05, 3.63) is 35.4 Å². The van der Waals surface area contributed by atoms with Crippen molar-refractivity contribution < 1.29 is 9.59 Å². The zero-order valence-corrected chi connectivity index (χ0v) is 19.1. The van der Waals surface area contributed by atoms with E-state index in [1.54, 1.807) is 0 Å². The molecule has 4 heteroatoms. The molecule has 0 spiro atoms. The first kappa shape index (κ1) is 19.6. The molecule has 4 atom stereocenters. The second-order valence-electron chi connectivity index (χ2n) is 12.4. The Labute approximate surface area is 191 Å². The highest BCUT2D eigenvalue weighted by atomic mass is 16.2. The van der Waals surface area contributed by atoms with Gasteiger partial charge >= 0.3 is 0 Å². The molecule has 0 N–H and O–H groups in total. The SMILES string of the molecule is O=C(c1cccc(C(=O)N2CC3CC4CC(C3)CC2C4)c1)N1CC2CC3CC(C2)CC1C3. The molecule has 2 amide bonds. The minimum absolute atomic E-state index is 0.161. The van der Waals surface area contributed by atoms with E-state index < -0.39 is 0 Å². The van der Waals surface area contributed by atoms with Gasteiger partial charge in [-0.15, -0.1) is 0 Å². The normalized spacial score (nSPS) is 41.6. The average molecular weight is 433 g/mol. The van der Waals surface area contributed by atoms with Crippen LogP contribution < -0.4 is 0 Å². The van der Waals surface area contributed by atoms with Crippen molar-refractivity contribution in [3.8, 4) is 0 Å². The zero-order chi connectivity index (χ0) is 21.4. The summed E-state index contributed by atoms with van der Waals surface area (Å²) in [5.74, 6) is 5.01. The molecule has 1 aromatic carbocycles. The lowest BCUT2D eigenvalue weighted by Crippen LogP contribution is -2.43. The van der Waals surface area contributed by atoms with Gasteiger partial charge in [0.2, 0.25) is 0 Å². The smallest absolute Gasteiger partial charge is 0.254 e. The molecule has 0 radical (unpaired) electrons. The molecule has 8 aliphatic rings. The summed E-state index contributed by atoms with van der Waals surface area (Å²) < 4.78 is 0. The van der Waals surface area contributed by atoms with Crippen LogP contribution >= 0.6 is 0 Å². The summed E-state index contributed by atoms with van der Waals surface area (Å²) in [7, 11) is 0. The first-order chi connectivity index (χ1) is 15.6. The molecule has 4 aliphatic heterocycles. The second kappa shape index (κ2) is 7.33. The van der Waals surface area contributed by atoms with Gasteiger partial charge in [-0.1, -0.05) is 6.07 Å². The molecule has 8 bridgehead atoms. The lowest BCUT2D eigenvalue weighted by atomic mass is 9.68. The lowest BCUT2D eigenvalue weighted by Gasteiger charge is -2.39. The number of benzene rings is 1. The van der Waals surface area contributed by atoms with Gasteiger partial charge in [-0.2, -0.15) is 0 Å². The Kier molecular flexibility index (Phi) is 4.49. The van der Waals surface area contributed by atoms with Crippen LogP contribution in [0.1, 0.15) is 84.9 Å². The molecule has 4 aliphatic carbocycles. The van der Waals surface area contributed by atoms with E-state index >= 15 is 0 Å². The summed E-state index contributed by atoms with van der Waals surface area (Å²) in [6, 6.07) is 8.54. The Bertz CT molecular complexity index is 844. The van der Waals surface area contributed by atoms with E-state index in [0.717, 1.165) is 47.9 Å². The maximum absolute atomic E-state index is 13.7. The van der Waals surface area contributed by atoms with Crippen molar-refractivity contribution in [2.24, 2.45) is 35.5 Å². The molecule has 8 fully saturated rings. The van der Waals surface area contributed by atoms with Crippen LogP contribution in [0.2, 0.25) is 0 Å². The van der Waals surface area contributed by atoms with Crippen molar-refractivity contribution >= 4 is 11.8 Å². The highest BCUT2D eigenvalue weighted by Crippen LogP contribution is 2.49. The van der Waals surface area contributed by atoms with Crippen LogP contribution in [0.5, 0.6) is 0 Å². The van der Waals surface area contributed by atoms with Gasteiger partial charge in [-0.3, -0.25) is 9.59 Å². The number of amides is 2. The third kappa shape index (κ3) is 3.23. The van der Waals surface area contributed by atoms with Crippen LogP contribution in [0.15, 0.2) is 24.3 Å². The van der Waals surface area contributed by atoms with Gasteiger partial charge in [0.15, 0.2) is 0 Å². The van der Waals surface area contributed by atoms with Gasteiger partial charge in [0.25, 0.3) is 11.8 Å². The summed E-state index contributed by atoms with van der Waals surface area (Å²) in [5, 5.41) is 0. The maximum Gasteiger partial charge on any atom is 0.254 e. The predicted octanol–water partition coefficient (Wildman–Crippen LogP) is 4.99. The third-order valence-corrected chi connectivity index (χ3v) is 10.1. The van der Waals surface area contributed by atoms with Gasteiger partial charge in [0.1, 0.15) is 0 Å². The monoisotopic (exact) mass is 432 g/mol. The lowest BCUT2D eigenvalue weighted by molar-refractivity contribution is 0.0631. The first-order valence-electron chi connectivity index (χ1n) is 13.3. The van der Waals surface area contributed by atoms with Crippen LogP contribution in [0, 0.1) is 35.5 Å². The fourth-order valence-corrected chi connectivity index (χ4v) is 9.18. The molecular formula is C28H36N2O2. The number of carbonyl (C=O) groups excluding carboxylic acids is 2. The van der Waals surface area contributed by atoms with Gasteiger partial charge in [0.05, 0.1) is 0 Å². The number of nitrogens with zero attached hydrogens (tertiary/aromatic N) is 2. The average Bonchev–Trinajstić information content (AvgIpc) is 3.11. The van der Waals surface area contributed by atoms with Gasteiger partial charge in [0, 0.05) is 36.3 Å². The van der Waals surface area contributed by atoms with E-state index in [4.69, 9.17) is 0 Å². The maximum atomic E-state index is 13.7. The fraction of sp³-hybridized carbons (Fsp3) is 0.714. The van der Waals surface area contributed by atoms with Crippen molar-refractivity contribution in [1.82, 2.24) is 9.80 Å². The summed E-state index contributed by atoms with van der Waals surface area (Å²) in [5.41, 5.74) is 1.44. The zero-order valence-electron chi connectivity index (χ0n) is 19.1. The summed E-state index contributed by atoms with van der Waals surface area (Å²) >= 11 is 0. The predicted molar refractivity (Wildman–Crippen MR) is 123 cm³/mol. The summed E-state index contributed by atoms with van der Waals surface area (Å²) in [6.45, 7) is 1.85. The molecule has 9 rings (SSSR count). The number of rotatable bonds is 2. The van der Waals surface area contributed by atoms with E-state index in [1.165, 1.54) is 64.2 Å². The highest BCUT2D eigenvalue weighted by molar-refractivity contribution is 6.00. The molecule has 1 aromatic rings. The molecule has 170 valence electrons. The molecule has 0 aromatic heterocycles. The van der Waals surface area contributed by atoms with Crippen LogP contribution in [0.25, 0.3) is 0 Å². The van der Waals surface area contributed by atoms with Gasteiger partial charge < -0.3 is 9.80 Å². The van der Waals surface area contributed by atoms with Gasteiger partial charge in [-0.05, 0) is 118 Å². The number of carbonyl (C=O) groups is 2. The molecule has 4 nitrogen and oxygen atoms in total. The molecule has 4 saturated heterocycles. The van der Waals surface area contributed by atoms with Crippen LogP contribution in [0.4, 0.5) is 0 Å². The minimum atomic E-state index is 0.161. The topological polar surface area (TPSA) is 40.6 Å². The Hall–Kier alpha value is -1.84. The van der Waals surface area contributed by atoms with Gasteiger partial charge in [-0.25, -0.2) is 0 Å². The van der Waals surface area contributed by atoms with Crippen LogP contribution in [0.3, 0.4) is 0 Å². The third-order valence-electron chi connectivity index (χ3n) is 10.1. The Morgan fingerprint density at radius 2 is 0.938 bits per heavy atom. The number of hydrogen-bond donors (Lipinski definition) is 0. The van der Waals surface area contributed by atoms with Crippen molar-refractivity contribution in [2.45, 2.75) is 76.3 Å². The highest BCUT2D eigenvalue weighted by Gasteiger charge is 2.45. The van der Waals surface area contributed by atoms with E-state index in [-0.39, 0.29) is 11.8 Å². The van der Waals surface area contributed by atoms with E-state index in [1.807, 2.05) is 24.3 Å². The van der Waals surface area contributed by atoms with Crippen molar-refractivity contribution in [3.63, 3.8) is 0 Å². The minimum Gasteiger partial charge on any atom is -0.335 e. The standard InChI is InChI=1S/C28H36N2O2/c31-27(29-15-21-6-17-4-18(7-21)11-25(29)10-17)23-2-1-3-24(14-23)28(32)30-16-22-8-19-5-20(9-22)13-26(30)12-19/h1-3,14,17-22,25-26H,4-13,15-16H2. The molecule has 32 heavy (non-hydrogen) atoms. The Morgan fingerprint density at radius 1 is 0.562 bits per heavy atom. The van der Waals surface area contributed by atoms with Crippen molar-refractivity contribution in [2.75, 3.05) is 13.1 Å². The van der Waals surface area contributed by atoms with Crippen LogP contribution in [-0.2, 0) is 0 Å². The van der Waals surface area contributed by atoms with E-state index in [0.29, 0.717) is 23.9 Å². The fourth-order valence-electron chi connectivity index (χ4n) is 9.18. The molecule has 4 saturated carbocycles. The number of hydrogen-bond acceptors (Lipinski definition) is 2. The van der Waals surface area contributed by atoms with Crippen molar-refractivity contribution in [1.29, 1.82) is 0 Å². The van der Waals surface area contributed by atoms with Crippen LogP contribution in [-0.4, -0.2) is 46.8 Å². The largest absolute Gasteiger partial charge is 0.335 e. The second-order valence-corrected chi connectivity index (χ2v) is 12.4. The first-order valence-corrected chi connectivity index (χ1v) is 13.3. The van der Waals surface area contributed by atoms with E-state index in [9.17, 15) is 9.59 Å². The summed E-state index contributed by atoms with van der Waals surface area (Å²) in [6.07, 6.45) is 12.8. The molecule has 4 heterocycles. The Morgan fingerprint density at radius 3 is 1.34 bits per heavy atom. The quantitative estimate of drug-likeness (QED) is 0.661. The molecular weight excluding hydrogens is 396 g/mol.